The van der Waals surface area contributed by atoms with Gasteiger partial charge in [0.2, 0.25) is 0 Å². The molecule has 110 valence electrons. The van der Waals surface area contributed by atoms with Crippen molar-refractivity contribution in [1.29, 1.82) is 0 Å². The van der Waals surface area contributed by atoms with Crippen LogP contribution in [0, 0.1) is 5.92 Å². The molecule has 5 nitrogen and oxygen atoms in total. The quantitative estimate of drug-likeness (QED) is 0.714. The second-order valence-corrected chi connectivity index (χ2v) is 5.23. The van der Waals surface area contributed by atoms with E-state index < -0.39 is 11.8 Å². The number of hydrogen-bond acceptors (Lipinski definition) is 3. The van der Waals surface area contributed by atoms with Crippen molar-refractivity contribution in [2.24, 2.45) is 5.92 Å². The van der Waals surface area contributed by atoms with Gasteiger partial charge in [-0.25, -0.2) is 0 Å². The lowest BCUT2D eigenvalue weighted by molar-refractivity contribution is -0.136. The van der Waals surface area contributed by atoms with Crippen LogP contribution in [0.25, 0.3) is 0 Å². The van der Waals surface area contributed by atoms with Gasteiger partial charge in [-0.2, -0.15) is 0 Å². The minimum atomic E-state index is -0.701. The average molecular weight is 278 g/mol. The zero-order valence-electron chi connectivity index (χ0n) is 12.1. The van der Waals surface area contributed by atoms with E-state index in [9.17, 15) is 9.59 Å². The maximum absolute atomic E-state index is 11.6. The van der Waals surface area contributed by atoms with Gasteiger partial charge in [-0.05, 0) is 29.5 Å². The molecular formula is C15H22N2O3. The molecule has 2 amide bonds. The summed E-state index contributed by atoms with van der Waals surface area (Å²) in [6.07, 6.45) is 0. The molecule has 3 N–H and O–H groups in total. The van der Waals surface area contributed by atoms with E-state index in [1.807, 2.05) is 12.1 Å². The van der Waals surface area contributed by atoms with E-state index in [4.69, 9.17) is 5.11 Å². The van der Waals surface area contributed by atoms with E-state index in [2.05, 4.69) is 24.5 Å². The maximum atomic E-state index is 11.6. The summed E-state index contributed by atoms with van der Waals surface area (Å²) in [6.45, 7) is 6.20. The molecule has 0 bridgehead atoms. The Hall–Kier alpha value is -1.88. The topological polar surface area (TPSA) is 78.4 Å². The number of nitrogens with one attached hydrogen (secondary N) is 2. The second kappa shape index (κ2) is 7.65. The van der Waals surface area contributed by atoms with E-state index in [-0.39, 0.29) is 19.1 Å². The number of rotatable bonds is 5. The van der Waals surface area contributed by atoms with Gasteiger partial charge in [0.25, 0.3) is 0 Å². The van der Waals surface area contributed by atoms with Gasteiger partial charge in [0.15, 0.2) is 0 Å². The van der Waals surface area contributed by atoms with E-state index in [0.717, 1.165) is 0 Å². The largest absolute Gasteiger partial charge is 0.396 e. The molecule has 0 aromatic heterocycles. The Morgan fingerprint density at radius 3 is 2.20 bits per heavy atom. The third kappa shape index (κ3) is 5.01. The normalized spacial score (nSPS) is 12.1. The fourth-order valence-corrected chi connectivity index (χ4v) is 1.55. The molecule has 1 aromatic carbocycles. The zero-order valence-corrected chi connectivity index (χ0v) is 12.1. The monoisotopic (exact) mass is 278 g/mol. The number of carbonyl (C=O) groups excluding carboxylic acids is 2. The van der Waals surface area contributed by atoms with Crippen LogP contribution >= 0.6 is 0 Å². The molecule has 1 atom stereocenters. The predicted octanol–water partition coefficient (Wildman–Crippen LogP) is 1.49. The van der Waals surface area contributed by atoms with Gasteiger partial charge in [0.05, 0.1) is 0 Å². The van der Waals surface area contributed by atoms with Gasteiger partial charge in [-0.3, -0.25) is 9.59 Å². The highest BCUT2D eigenvalue weighted by Gasteiger charge is 2.14. The highest BCUT2D eigenvalue weighted by Crippen LogP contribution is 2.16. The number of amides is 2. The fourth-order valence-electron chi connectivity index (χ4n) is 1.55. The highest BCUT2D eigenvalue weighted by molar-refractivity contribution is 6.39. The van der Waals surface area contributed by atoms with Gasteiger partial charge in [0.1, 0.15) is 0 Å². The van der Waals surface area contributed by atoms with Crippen LogP contribution in [0.1, 0.15) is 32.3 Å². The summed E-state index contributed by atoms with van der Waals surface area (Å²) < 4.78 is 0. The first kappa shape index (κ1) is 16.2. The molecule has 0 saturated heterocycles. The fraction of sp³-hybridized carbons (Fsp3) is 0.467. The van der Waals surface area contributed by atoms with Crippen molar-refractivity contribution in [2.75, 3.05) is 18.5 Å². The number of aliphatic hydroxyl groups excluding tert-OH is 1. The molecule has 5 heteroatoms. The molecule has 0 aliphatic carbocycles. The smallest absolute Gasteiger partial charge is 0.313 e. The standard InChI is InChI=1S/C15H22N2O3/c1-10(2)12-4-6-13(7-5-12)17-15(20)14(19)16-8-11(3)9-18/h4-7,10-11,18H,8-9H2,1-3H3,(H,16,19)(H,17,20). The minimum absolute atomic E-state index is 0.0292. The summed E-state index contributed by atoms with van der Waals surface area (Å²) in [4.78, 5) is 23.2. The third-order valence-electron chi connectivity index (χ3n) is 2.96. The summed E-state index contributed by atoms with van der Waals surface area (Å²) in [5.41, 5.74) is 1.76. The molecule has 0 radical (unpaired) electrons. The van der Waals surface area contributed by atoms with Crippen LogP contribution in [0.4, 0.5) is 5.69 Å². The Labute approximate surface area is 119 Å². The molecule has 20 heavy (non-hydrogen) atoms. The summed E-state index contributed by atoms with van der Waals surface area (Å²) in [5, 5.41) is 13.8. The van der Waals surface area contributed by atoms with Crippen LogP contribution < -0.4 is 10.6 Å². The van der Waals surface area contributed by atoms with Crippen molar-refractivity contribution in [1.82, 2.24) is 5.32 Å². The average Bonchev–Trinajstić information content (AvgIpc) is 2.44. The lowest BCUT2D eigenvalue weighted by Gasteiger charge is -2.10. The van der Waals surface area contributed by atoms with E-state index in [1.54, 1.807) is 19.1 Å². The highest BCUT2D eigenvalue weighted by atomic mass is 16.3. The van der Waals surface area contributed by atoms with Crippen LogP contribution in [0.15, 0.2) is 24.3 Å². The van der Waals surface area contributed by atoms with Crippen LogP contribution in [-0.4, -0.2) is 30.1 Å². The Morgan fingerprint density at radius 2 is 1.70 bits per heavy atom. The zero-order chi connectivity index (χ0) is 15.1. The first-order chi connectivity index (χ1) is 9.43. The Morgan fingerprint density at radius 1 is 1.10 bits per heavy atom. The summed E-state index contributed by atoms with van der Waals surface area (Å²) in [5.74, 6) is -1.05. The van der Waals surface area contributed by atoms with Gasteiger partial charge < -0.3 is 15.7 Å². The molecule has 0 aliphatic rings. The van der Waals surface area contributed by atoms with Gasteiger partial charge in [0, 0.05) is 18.8 Å². The second-order valence-electron chi connectivity index (χ2n) is 5.23. The number of anilines is 1. The van der Waals surface area contributed by atoms with E-state index >= 15 is 0 Å². The Kier molecular flexibility index (Phi) is 6.18. The number of aliphatic hydroxyl groups is 1. The first-order valence-electron chi connectivity index (χ1n) is 6.74. The molecule has 1 rings (SSSR count). The molecule has 1 aromatic rings. The lowest BCUT2D eigenvalue weighted by atomic mass is 10.0. The SMILES string of the molecule is CC(CO)CNC(=O)C(=O)Nc1ccc(C(C)C)cc1. The van der Waals surface area contributed by atoms with Crippen LogP contribution in [0.3, 0.4) is 0 Å². The predicted molar refractivity (Wildman–Crippen MR) is 78.4 cm³/mol. The molecule has 0 spiro atoms. The van der Waals surface area contributed by atoms with Crippen molar-refractivity contribution >= 4 is 17.5 Å². The Balaban J connectivity index is 2.51. The lowest BCUT2D eigenvalue weighted by Crippen LogP contribution is -2.38. The van der Waals surface area contributed by atoms with Crippen molar-refractivity contribution in [3.63, 3.8) is 0 Å². The van der Waals surface area contributed by atoms with Gasteiger partial charge >= 0.3 is 11.8 Å². The van der Waals surface area contributed by atoms with Gasteiger partial charge in [-0.1, -0.05) is 32.9 Å². The summed E-state index contributed by atoms with van der Waals surface area (Å²) in [6, 6.07) is 7.39. The molecular weight excluding hydrogens is 256 g/mol. The first-order valence-corrected chi connectivity index (χ1v) is 6.74. The van der Waals surface area contributed by atoms with E-state index in [0.29, 0.717) is 11.6 Å². The van der Waals surface area contributed by atoms with Crippen molar-refractivity contribution in [3.8, 4) is 0 Å². The molecule has 0 saturated carbocycles. The van der Waals surface area contributed by atoms with E-state index in [1.165, 1.54) is 5.56 Å². The van der Waals surface area contributed by atoms with Crippen LogP contribution in [0.5, 0.6) is 0 Å². The number of benzene rings is 1. The van der Waals surface area contributed by atoms with Crippen LogP contribution in [0.2, 0.25) is 0 Å². The van der Waals surface area contributed by atoms with Crippen molar-refractivity contribution < 1.29 is 14.7 Å². The number of hydrogen-bond donors (Lipinski definition) is 3. The Bertz CT molecular complexity index is 455. The molecule has 0 aliphatic heterocycles. The minimum Gasteiger partial charge on any atom is -0.396 e. The summed E-state index contributed by atoms with van der Waals surface area (Å²) >= 11 is 0. The van der Waals surface area contributed by atoms with Crippen molar-refractivity contribution in [2.45, 2.75) is 26.7 Å². The third-order valence-corrected chi connectivity index (χ3v) is 2.96. The molecule has 0 heterocycles. The van der Waals surface area contributed by atoms with Crippen molar-refractivity contribution in [3.05, 3.63) is 29.8 Å². The maximum Gasteiger partial charge on any atom is 0.313 e. The summed E-state index contributed by atoms with van der Waals surface area (Å²) in [7, 11) is 0. The molecule has 0 fully saturated rings. The number of carbonyl (C=O) groups is 2. The molecule has 1 unspecified atom stereocenters. The van der Waals surface area contributed by atoms with Gasteiger partial charge in [-0.15, -0.1) is 0 Å². The van der Waals surface area contributed by atoms with Crippen LogP contribution in [-0.2, 0) is 9.59 Å².